The van der Waals surface area contributed by atoms with Gasteiger partial charge in [0.15, 0.2) is 0 Å². The van der Waals surface area contributed by atoms with Crippen molar-refractivity contribution < 1.29 is 13.2 Å². The second-order valence-corrected chi connectivity index (χ2v) is 8.05. The minimum Gasteiger partial charge on any atom is -0.351 e. The molecule has 1 saturated heterocycles. The van der Waals surface area contributed by atoms with E-state index >= 15 is 0 Å². The van der Waals surface area contributed by atoms with Crippen LogP contribution in [-0.2, 0) is 12.7 Å². The number of fused-ring (bicyclic) bond motifs is 1. The van der Waals surface area contributed by atoms with Crippen molar-refractivity contribution >= 4 is 16.9 Å². The van der Waals surface area contributed by atoms with Crippen LogP contribution in [0.3, 0.4) is 0 Å². The highest BCUT2D eigenvalue weighted by Gasteiger charge is 2.32. The average molecular weight is 441 g/mol. The van der Waals surface area contributed by atoms with E-state index in [-0.39, 0.29) is 6.04 Å². The van der Waals surface area contributed by atoms with Gasteiger partial charge in [0.05, 0.1) is 17.5 Å². The Morgan fingerprint density at radius 3 is 2.72 bits per heavy atom. The van der Waals surface area contributed by atoms with Crippen molar-refractivity contribution in [3.63, 3.8) is 0 Å². The van der Waals surface area contributed by atoms with Crippen molar-refractivity contribution in [1.29, 1.82) is 0 Å². The van der Waals surface area contributed by atoms with Crippen molar-refractivity contribution in [3.05, 3.63) is 60.2 Å². The number of alkyl halides is 3. The molecule has 0 amide bonds. The van der Waals surface area contributed by atoms with E-state index in [2.05, 4.69) is 41.9 Å². The zero-order valence-electron chi connectivity index (χ0n) is 17.4. The van der Waals surface area contributed by atoms with Gasteiger partial charge in [0.1, 0.15) is 11.5 Å². The number of nitrogens with one attached hydrogen (secondary N) is 2. The number of H-pyrrole nitrogens is 2. The van der Waals surface area contributed by atoms with Crippen LogP contribution < -0.4 is 4.90 Å². The number of nitrogens with zero attached hydrogens (tertiary/aromatic N) is 5. The maximum atomic E-state index is 12.8. The third-order valence-electron chi connectivity index (χ3n) is 5.92. The van der Waals surface area contributed by atoms with Gasteiger partial charge in [-0.2, -0.15) is 18.3 Å². The highest BCUT2D eigenvalue weighted by atomic mass is 19.4. The fraction of sp³-hybridized carbons (Fsp3) is 0.318. The zero-order chi connectivity index (χ0) is 22.3. The summed E-state index contributed by atoms with van der Waals surface area (Å²) < 4.78 is 38.5. The summed E-state index contributed by atoms with van der Waals surface area (Å²) in [7, 11) is 0. The predicted octanol–water partition coefficient (Wildman–Crippen LogP) is 4.08. The van der Waals surface area contributed by atoms with Crippen molar-refractivity contribution in [2.75, 3.05) is 24.5 Å². The summed E-state index contributed by atoms with van der Waals surface area (Å²) in [4.78, 5) is 15.9. The molecule has 1 atom stereocenters. The minimum atomic E-state index is -4.38. The maximum Gasteiger partial charge on any atom is 0.417 e. The second-order valence-electron chi connectivity index (χ2n) is 8.05. The molecular weight excluding hydrogens is 419 g/mol. The molecule has 32 heavy (non-hydrogen) atoms. The monoisotopic (exact) mass is 441 g/mol. The second kappa shape index (κ2) is 7.94. The molecule has 2 N–H and O–H groups in total. The quantitative estimate of drug-likeness (QED) is 0.499. The molecule has 1 aliphatic heterocycles. The van der Waals surface area contributed by atoms with E-state index in [0.717, 1.165) is 59.8 Å². The molecule has 0 spiro atoms. The van der Waals surface area contributed by atoms with Crippen LogP contribution in [0, 0.1) is 0 Å². The highest BCUT2D eigenvalue weighted by molar-refractivity contribution is 5.92. The molecule has 5 heterocycles. The van der Waals surface area contributed by atoms with Crippen LogP contribution in [0.15, 0.2) is 49.1 Å². The molecule has 10 heteroatoms. The first-order valence-electron chi connectivity index (χ1n) is 10.4. The molecule has 0 unspecified atom stereocenters. The zero-order valence-corrected chi connectivity index (χ0v) is 17.4. The molecule has 0 aliphatic carbocycles. The molecule has 166 valence electrons. The van der Waals surface area contributed by atoms with E-state index in [0.29, 0.717) is 12.4 Å². The Labute approximate surface area is 182 Å². The molecular formula is C22H22F3N7. The Bertz CT molecular complexity index is 1210. The lowest BCUT2D eigenvalue weighted by atomic mass is 10.1. The fourth-order valence-corrected chi connectivity index (χ4v) is 4.32. The fourth-order valence-electron chi connectivity index (χ4n) is 4.32. The number of rotatable bonds is 4. The number of aromatic amines is 2. The molecule has 0 radical (unpaired) electrons. The summed E-state index contributed by atoms with van der Waals surface area (Å²) in [6, 6.07) is 6.63. The van der Waals surface area contributed by atoms with E-state index in [1.165, 1.54) is 6.07 Å². The number of hydrogen-bond donors (Lipinski definition) is 2. The van der Waals surface area contributed by atoms with Gasteiger partial charge in [0, 0.05) is 67.3 Å². The summed E-state index contributed by atoms with van der Waals surface area (Å²) in [6.45, 7) is 5.01. The Balaban J connectivity index is 1.30. The number of pyridine rings is 2. The average Bonchev–Trinajstić information content (AvgIpc) is 3.42. The molecule has 1 fully saturated rings. The third-order valence-corrected chi connectivity index (χ3v) is 5.92. The lowest BCUT2D eigenvalue weighted by molar-refractivity contribution is -0.137. The first-order valence-corrected chi connectivity index (χ1v) is 10.4. The van der Waals surface area contributed by atoms with Crippen molar-refractivity contribution in [2.45, 2.75) is 25.7 Å². The van der Waals surface area contributed by atoms with Crippen LogP contribution in [0.2, 0.25) is 0 Å². The predicted molar refractivity (Wildman–Crippen MR) is 115 cm³/mol. The standard InChI is InChI=1S/C22H22F3N7/c1-14-12-31(8-9-32(14)19-3-2-16(11-28-19)22(23,24)25)13-15-10-29-30-20(15)17-4-6-26-21-18(17)5-7-27-21/h2-7,10-11,14H,8-9,12-13H2,1H3,(H,26,27)(H,29,30)/t14-/m1/s1. The first-order chi connectivity index (χ1) is 15.4. The van der Waals surface area contributed by atoms with Crippen LogP contribution in [0.5, 0.6) is 0 Å². The van der Waals surface area contributed by atoms with E-state index in [1.54, 1.807) is 6.20 Å². The van der Waals surface area contributed by atoms with Crippen LogP contribution in [0.25, 0.3) is 22.3 Å². The molecule has 0 aromatic carbocycles. The summed E-state index contributed by atoms with van der Waals surface area (Å²) >= 11 is 0. The Morgan fingerprint density at radius 1 is 1.09 bits per heavy atom. The van der Waals surface area contributed by atoms with E-state index < -0.39 is 11.7 Å². The molecule has 5 rings (SSSR count). The SMILES string of the molecule is C[C@@H]1CN(Cc2cn[nH]c2-c2ccnc3[nH]ccc23)CCN1c1ccc(C(F)(F)F)cn1. The summed E-state index contributed by atoms with van der Waals surface area (Å²) in [5, 5.41) is 8.43. The Morgan fingerprint density at radius 2 is 1.97 bits per heavy atom. The van der Waals surface area contributed by atoms with Crippen LogP contribution in [-0.4, -0.2) is 55.7 Å². The summed E-state index contributed by atoms with van der Waals surface area (Å²) in [5.74, 6) is 0.570. The summed E-state index contributed by atoms with van der Waals surface area (Å²) in [6.07, 6.45) is 2.02. The number of anilines is 1. The van der Waals surface area contributed by atoms with Gasteiger partial charge in [-0.25, -0.2) is 9.97 Å². The molecule has 4 aromatic rings. The molecule has 0 bridgehead atoms. The Hall–Kier alpha value is -3.40. The maximum absolute atomic E-state index is 12.8. The van der Waals surface area contributed by atoms with E-state index in [4.69, 9.17) is 0 Å². The minimum absolute atomic E-state index is 0.112. The molecule has 1 aliphatic rings. The molecule has 7 nitrogen and oxygen atoms in total. The Kier molecular flexibility index (Phi) is 5.09. The number of halogens is 3. The van der Waals surface area contributed by atoms with Crippen molar-refractivity contribution in [2.24, 2.45) is 0 Å². The topological polar surface area (TPSA) is 76.7 Å². The van der Waals surface area contributed by atoms with Gasteiger partial charge in [-0.3, -0.25) is 10.00 Å². The third kappa shape index (κ3) is 3.81. The number of piperazine rings is 1. The van der Waals surface area contributed by atoms with Gasteiger partial charge in [-0.15, -0.1) is 0 Å². The van der Waals surface area contributed by atoms with Crippen molar-refractivity contribution in [1.82, 2.24) is 30.0 Å². The van der Waals surface area contributed by atoms with Gasteiger partial charge in [0.2, 0.25) is 0 Å². The van der Waals surface area contributed by atoms with Gasteiger partial charge < -0.3 is 9.88 Å². The van der Waals surface area contributed by atoms with E-state index in [9.17, 15) is 13.2 Å². The first kappa shape index (κ1) is 20.5. The number of hydrogen-bond acceptors (Lipinski definition) is 5. The lowest BCUT2D eigenvalue weighted by Gasteiger charge is -2.40. The van der Waals surface area contributed by atoms with Gasteiger partial charge >= 0.3 is 6.18 Å². The van der Waals surface area contributed by atoms with Crippen LogP contribution in [0.4, 0.5) is 19.0 Å². The van der Waals surface area contributed by atoms with Crippen molar-refractivity contribution in [3.8, 4) is 11.3 Å². The van der Waals surface area contributed by atoms with Gasteiger partial charge in [-0.05, 0) is 31.2 Å². The molecule has 4 aromatic heterocycles. The van der Waals surface area contributed by atoms with Gasteiger partial charge in [0.25, 0.3) is 0 Å². The van der Waals surface area contributed by atoms with E-state index in [1.807, 2.05) is 24.5 Å². The van der Waals surface area contributed by atoms with Crippen LogP contribution in [0.1, 0.15) is 18.1 Å². The lowest BCUT2D eigenvalue weighted by Crippen LogP contribution is -2.51. The van der Waals surface area contributed by atoms with Crippen LogP contribution >= 0.6 is 0 Å². The van der Waals surface area contributed by atoms with Gasteiger partial charge in [-0.1, -0.05) is 0 Å². The largest absolute Gasteiger partial charge is 0.417 e. The number of aromatic nitrogens is 5. The summed E-state index contributed by atoms with van der Waals surface area (Å²) in [5.41, 5.74) is 3.20. The highest BCUT2D eigenvalue weighted by Crippen LogP contribution is 2.31. The smallest absolute Gasteiger partial charge is 0.351 e. The normalized spacial score (nSPS) is 17.9. The molecule has 0 saturated carbocycles.